The molecule has 1 aliphatic rings. The van der Waals surface area contributed by atoms with Crippen molar-refractivity contribution < 1.29 is 0 Å². The molecule has 1 heterocycles. The molecule has 0 bridgehead atoms. The van der Waals surface area contributed by atoms with Crippen molar-refractivity contribution in [1.82, 2.24) is 5.32 Å². The van der Waals surface area contributed by atoms with Crippen molar-refractivity contribution in [2.45, 2.75) is 122 Å². The van der Waals surface area contributed by atoms with Gasteiger partial charge in [0.1, 0.15) is 0 Å². The Morgan fingerprint density at radius 3 is 1.25 bits per heavy atom. The van der Waals surface area contributed by atoms with Gasteiger partial charge in [-0.25, -0.2) is 0 Å². The Labute approximate surface area is 128 Å². The third kappa shape index (κ3) is 5.06. The Morgan fingerprint density at radius 1 is 0.600 bits per heavy atom. The molecule has 0 aliphatic carbocycles. The molecule has 1 fully saturated rings. The molecule has 120 valence electrons. The van der Waals surface area contributed by atoms with E-state index in [1.807, 2.05) is 0 Å². The lowest BCUT2D eigenvalue weighted by molar-refractivity contribution is 0.119. The third-order valence-electron chi connectivity index (χ3n) is 5.26. The van der Waals surface area contributed by atoms with Crippen molar-refractivity contribution >= 4 is 0 Å². The van der Waals surface area contributed by atoms with Crippen LogP contribution in [0.1, 0.15) is 111 Å². The second-order valence-corrected chi connectivity index (χ2v) is 7.25. The minimum Gasteiger partial charge on any atom is -0.306 e. The molecule has 0 atom stereocenters. The molecule has 0 radical (unpaired) electrons. The lowest BCUT2D eigenvalue weighted by Gasteiger charge is -2.48. The van der Waals surface area contributed by atoms with Crippen LogP contribution in [-0.4, -0.2) is 11.1 Å². The van der Waals surface area contributed by atoms with Gasteiger partial charge in [0.2, 0.25) is 0 Å². The highest BCUT2D eigenvalue weighted by atomic mass is 15.1. The van der Waals surface area contributed by atoms with E-state index in [2.05, 4.69) is 33.0 Å². The van der Waals surface area contributed by atoms with Crippen LogP contribution < -0.4 is 5.32 Å². The van der Waals surface area contributed by atoms with Gasteiger partial charge in [-0.15, -0.1) is 0 Å². The zero-order chi connectivity index (χ0) is 14.9. The van der Waals surface area contributed by atoms with Gasteiger partial charge in [0.25, 0.3) is 0 Å². The molecule has 0 aromatic rings. The van der Waals surface area contributed by atoms with E-state index in [4.69, 9.17) is 0 Å². The molecule has 0 aromatic carbocycles. The van der Waals surface area contributed by atoms with E-state index in [0.717, 1.165) is 0 Å². The average molecular weight is 282 g/mol. The standard InChI is InChI=1S/C19H39N/c1-5-12-18(13-6-2)16-10-9-11-17-19(20-18,14-7-3)15-8-4/h20H,5-17H2,1-4H3. The number of nitrogens with one attached hydrogen (secondary N) is 1. The van der Waals surface area contributed by atoms with Crippen molar-refractivity contribution in [2.24, 2.45) is 0 Å². The third-order valence-corrected chi connectivity index (χ3v) is 5.26. The summed E-state index contributed by atoms with van der Waals surface area (Å²) in [5, 5.41) is 4.29. The normalized spacial score (nSPS) is 22.2. The maximum atomic E-state index is 4.29. The van der Waals surface area contributed by atoms with Gasteiger partial charge in [-0.1, -0.05) is 72.6 Å². The van der Waals surface area contributed by atoms with Crippen LogP contribution >= 0.6 is 0 Å². The van der Waals surface area contributed by atoms with E-state index in [1.54, 1.807) is 0 Å². The van der Waals surface area contributed by atoms with E-state index in [9.17, 15) is 0 Å². The lowest BCUT2D eigenvalue weighted by Crippen LogP contribution is -2.58. The Bertz CT molecular complexity index is 210. The molecule has 1 heteroatoms. The monoisotopic (exact) mass is 281 g/mol. The van der Waals surface area contributed by atoms with Gasteiger partial charge in [0.15, 0.2) is 0 Å². The topological polar surface area (TPSA) is 12.0 Å². The number of hydrogen-bond acceptors (Lipinski definition) is 1. The SMILES string of the molecule is CCCC1(CCC)CCCCCC(CCC)(CCC)N1. The molecule has 1 N–H and O–H groups in total. The molecule has 0 unspecified atom stereocenters. The van der Waals surface area contributed by atoms with E-state index in [1.165, 1.54) is 83.5 Å². The Balaban J connectivity index is 2.95. The summed E-state index contributed by atoms with van der Waals surface area (Å²) in [6.45, 7) is 9.44. The molecule has 1 saturated heterocycles. The van der Waals surface area contributed by atoms with Gasteiger partial charge < -0.3 is 5.32 Å². The zero-order valence-electron chi connectivity index (χ0n) is 14.7. The van der Waals surface area contributed by atoms with Crippen LogP contribution in [0, 0.1) is 0 Å². The summed E-state index contributed by atoms with van der Waals surface area (Å²) in [6, 6.07) is 0. The summed E-state index contributed by atoms with van der Waals surface area (Å²) in [6.07, 6.45) is 17.9. The van der Waals surface area contributed by atoms with Crippen molar-refractivity contribution in [3.05, 3.63) is 0 Å². The van der Waals surface area contributed by atoms with Gasteiger partial charge in [-0.3, -0.25) is 0 Å². The first kappa shape index (κ1) is 18.0. The van der Waals surface area contributed by atoms with E-state index in [0.29, 0.717) is 11.1 Å². The number of rotatable bonds is 8. The zero-order valence-corrected chi connectivity index (χ0v) is 14.7. The van der Waals surface area contributed by atoms with Crippen molar-refractivity contribution in [3.63, 3.8) is 0 Å². The molecule has 1 nitrogen and oxygen atoms in total. The smallest absolute Gasteiger partial charge is 0.0186 e. The maximum Gasteiger partial charge on any atom is 0.0186 e. The van der Waals surface area contributed by atoms with Crippen LogP contribution in [-0.2, 0) is 0 Å². The van der Waals surface area contributed by atoms with E-state index < -0.39 is 0 Å². The highest BCUT2D eigenvalue weighted by Crippen LogP contribution is 2.37. The predicted molar refractivity (Wildman–Crippen MR) is 91.3 cm³/mol. The highest BCUT2D eigenvalue weighted by Gasteiger charge is 2.38. The summed E-state index contributed by atoms with van der Waals surface area (Å²) >= 11 is 0. The first-order chi connectivity index (χ1) is 9.66. The molecule has 20 heavy (non-hydrogen) atoms. The average Bonchev–Trinajstić information content (AvgIpc) is 2.37. The summed E-state index contributed by atoms with van der Waals surface area (Å²) in [5.74, 6) is 0. The quantitative estimate of drug-likeness (QED) is 0.557. The van der Waals surface area contributed by atoms with Gasteiger partial charge in [-0.2, -0.15) is 0 Å². The Kier molecular flexibility index (Phi) is 8.17. The Morgan fingerprint density at radius 2 is 0.950 bits per heavy atom. The van der Waals surface area contributed by atoms with Crippen LogP contribution in [0.25, 0.3) is 0 Å². The van der Waals surface area contributed by atoms with Crippen LogP contribution in [0.15, 0.2) is 0 Å². The van der Waals surface area contributed by atoms with Crippen molar-refractivity contribution in [1.29, 1.82) is 0 Å². The largest absolute Gasteiger partial charge is 0.306 e. The number of hydrogen-bond donors (Lipinski definition) is 1. The molecule has 0 spiro atoms. The summed E-state index contributed by atoms with van der Waals surface area (Å²) in [4.78, 5) is 0. The van der Waals surface area contributed by atoms with Crippen molar-refractivity contribution in [3.8, 4) is 0 Å². The molecular formula is C19H39N. The van der Waals surface area contributed by atoms with Gasteiger partial charge in [-0.05, 0) is 38.5 Å². The molecule has 0 saturated carbocycles. The van der Waals surface area contributed by atoms with Crippen LogP contribution in [0.3, 0.4) is 0 Å². The first-order valence-corrected chi connectivity index (χ1v) is 9.45. The molecular weight excluding hydrogens is 242 g/mol. The molecule has 0 aromatic heterocycles. The van der Waals surface area contributed by atoms with E-state index >= 15 is 0 Å². The fourth-order valence-corrected chi connectivity index (χ4v) is 4.71. The van der Waals surface area contributed by atoms with Crippen LogP contribution in [0.4, 0.5) is 0 Å². The molecule has 1 aliphatic heterocycles. The Hall–Kier alpha value is -0.0400. The van der Waals surface area contributed by atoms with Crippen LogP contribution in [0.5, 0.6) is 0 Å². The first-order valence-electron chi connectivity index (χ1n) is 9.45. The molecule has 0 amide bonds. The minimum atomic E-state index is 0.439. The van der Waals surface area contributed by atoms with E-state index in [-0.39, 0.29) is 0 Å². The fraction of sp³-hybridized carbons (Fsp3) is 1.00. The van der Waals surface area contributed by atoms with Gasteiger partial charge >= 0.3 is 0 Å². The second kappa shape index (κ2) is 9.07. The van der Waals surface area contributed by atoms with Gasteiger partial charge in [0.05, 0.1) is 0 Å². The second-order valence-electron chi connectivity index (χ2n) is 7.25. The minimum absolute atomic E-state index is 0.439. The van der Waals surface area contributed by atoms with Crippen molar-refractivity contribution in [2.75, 3.05) is 0 Å². The maximum absolute atomic E-state index is 4.29. The fourth-order valence-electron chi connectivity index (χ4n) is 4.71. The summed E-state index contributed by atoms with van der Waals surface area (Å²) < 4.78 is 0. The van der Waals surface area contributed by atoms with Gasteiger partial charge in [0, 0.05) is 11.1 Å². The predicted octanol–water partition coefficient (Wildman–Crippen LogP) is 6.22. The summed E-state index contributed by atoms with van der Waals surface area (Å²) in [7, 11) is 0. The summed E-state index contributed by atoms with van der Waals surface area (Å²) in [5.41, 5.74) is 0.878. The highest BCUT2D eigenvalue weighted by molar-refractivity contribution is 4.99. The lowest BCUT2D eigenvalue weighted by atomic mass is 9.74. The van der Waals surface area contributed by atoms with Crippen LogP contribution in [0.2, 0.25) is 0 Å². The molecule has 1 rings (SSSR count).